The van der Waals surface area contributed by atoms with Gasteiger partial charge in [-0.3, -0.25) is 9.59 Å². The van der Waals surface area contributed by atoms with Crippen molar-refractivity contribution in [3.63, 3.8) is 0 Å². The van der Waals surface area contributed by atoms with E-state index in [0.29, 0.717) is 16.1 Å². The second-order valence-electron chi connectivity index (χ2n) is 7.02. The number of benzene rings is 2. The van der Waals surface area contributed by atoms with Gasteiger partial charge in [0.15, 0.2) is 0 Å². The molecule has 29 heavy (non-hydrogen) atoms. The average molecular weight is 408 g/mol. The predicted octanol–water partition coefficient (Wildman–Crippen LogP) is 5.43. The van der Waals surface area contributed by atoms with Crippen LogP contribution < -0.4 is 5.32 Å². The Labute approximate surface area is 173 Å². The Bertz CT molecular complexity index is 1020. The van der Waals surface area contributed by atoms with Crippen molar-refractivity contribution >= 4 is 28.8 Å². The molecule has 1 saturated heterocycles. The molecule has 3 aromatic rings. The largest absolute Gasteiger partial charge is 0.339 e. The summed E-state index contributed by atoms with van der Waals surface area (Å²) in [6, 6.07) is 16.9. The minimum Gasteiger partial charge on any atom is -0.339 e. The van der Waals surface area contributed by atoms with E-state index < -0.39 is 0 Å². The normalized spacial score (nSPS) is 13.9. The quantitative estimate of drug-likeness (QED) is 0.626. The van der Waals surface area contributed by atoms with Gasteiger partial charge in [0.1, 0.15) is 5.82 Å². The number of hydrogen-bond acceptors (Lipinski definition) is 3. The number of anilines is 1. The number of likely N-dealkylation sites (tertiary alicyclic amines) is 1. The lowest BCUT2D eigenvalue weighted by Gasteiger charge is -2.27. The molecule has 4 nitrogen and oxygen atoms in total. The molecule has 2 amide bonds. The fourth-order valence-corrected chi connectivity index (χ4v) is 4.37. The summed E-state index contributed by atoms with van der Waals surface area (Å²) in [6.45, 7) is 1.51. The zero-order valence-corrected chi connectivity index (χ0v) is 16.7. The molecule has 1 aromatic heterocycles. The number of thiophene rings is 1. The van der Waals surface area contributed by atoms with Gasteiger partial charge in [0.2, 0.25) is 0 Å². The van der Waals surface area contributed by atoms with Crippen LogP contribution in [0.4, 0.5) is 10.1 Å². The maximum absolute atomic E-state index is 13.1. The monoisotopic (exact) mass is 408 g/mol. The second-order valence-corrected chi connectivity index (χ2v) is 8.11. The topological polar surface area (TPSA) is 49.4 Å². The lowest BCUT2D eigenvalue weighted by atomic mass is 10.1. The van der Waals surface area contributed by atoms with Gasteiger partial charge in [-0.2, -0.15) is 0 Å². The van der Waals surface area contributed by atoms with Gasteiger partial charge in [-0.05, 0) is 61.2 Å². The molecule has 1 aliphatic heterocycles. The molecule has 148 valence electrons. The van der Waals surface area contributed by atoms with Gasteiger partial charge >= 0.3 is 0 Å². The molecule has 1 fully saturated rings. The van der Waals surface area contributed by atoms with Crippen LogP contribution in [-0.4, -0.2) is 29.8 Å². The van der Waals surface area contributed by atoms with Crippen molar-refractivity contribution < 1.29 is 14.0 Å². The molecule has 6 heteroatoms. The Morgan fingerprint density at radius 1 is 0.897 bits per heavy atom. The zero-order valence-electron chi connectivity index (χ0n) is 15.9. The molecule has 2 heterocycles. The summed E-state index contributed by atoms with van der Waals surface area (Å²) in [4.78, 5) is 28.9. The lowest BCUT2D eigenvalue weighted by Crippen LogP contribution is -2.36. The number of carbonyl (C=O) groups excluding carboxylic acids is 2. The molecule has 0 saturated carbocycles. The fraction of sp³-hybridized carbons (Fsp3) is 0.217. The number of nitrogens with one attached hydrogen (secondary N) is 1. The highest BCUT2D eigenvalue weighted by atomic mass is 32.1. The molecule has 2 aromatic carbocycles. The average Bonchev–Trinajstić information content (AvgIpc) is 3.25. The Morgan fingerprint density at radius 3 is 2.38 bits per heavy atom. The van der Waals surface area contributed by atoms with Crippen LogP contribution in [0.5, 0.6) is 0 Å². The predicted molar refractivity (Wildman–Crippen MR) is 114 cm³/mol. The first-order valence-electron chi connectivity index (χ1n) is 9.67. The maximum atomic E-state index is 13.1. The number of piperidine rings is 1. The van der Waals surface area contributed by atoms with Gasteiger partial charge in [-0.1, -0.05) is 24.3 Å². The van der Waals surface area contributed by atoms with E-state index in [9.17, 15) is 14.0 Å². The molecule has 0 unspecified atom stereocenters. The molecule has 0 aliphatic carbocycles. The first-order chi connectivity index (χ1) is 14.1. The summed E-state index contributed by atoms with van der Waals surface area (Å²) >= 11 is 1.33. The third kappa shape index (κ3) is 4.38. The summed E-state index contributed by atoms with van der Waals surface area (Å²) in [7, 11) is 0. The van der Waals surface area contributed by atoms with Gasteiger partial charge in [-0.15, -0.1) is 11.3 Å². The molecular weight excluding hydrogens is 387 g/mol. The van der Waals surface area contributed by atoms with Gasteiger partial charge < -0.3 is 10.2 Å². The molecule has 1 aliphatic rings. The first-order valence-corrected chi connectivity index (χ1v) is 10.5. The van der Waals surface area contributed by atoms with Gasteiger partial charge in [0, 0.05) is 18.0 Å². The molecule has 0 radical (unpaired) electrons. The van der Waals surface area contributed by atoms with Crippen molar-refractivity contribution in [2.45, 2.75) is 19.3 Å². The smallest absolute Gasteiger partial charge is 0.265 e. The third-order valence-electron chi connectivity index (χ3n) is 5.01. The van der Waals surface area contributed by atoms with Crippen LogP contribution >= 0.6 is 11.3 Å². The van der Waals surface area contributed by atoms with Crippen LogP contribution in [0.1, 0.15) is 39.3 Å². The number of carbonyl (C=O) groups is 2. The van der Waals surface area contributed by atoms with Crippen molar-refractivity contribution in [1.82, 2.24) is 4.90 Å². The molecular formula is C23H21FN2O2S. The minimum atomic E-state index is -0.293. The van der Waals surface area contributed by atoms with E-state index in [2.05, 4.69) is 5.32 Å². The van der Waals surface area contributed by atoms with Gasteiger partial charge in [-0.25, -0.2) is 4.39 Å². The Balaban J connectivity index is 1.52. The van der Waals surface area contributed by atoms with Crippen LogP contribution in [0.3, 0.4) is 0 Å². The number of nitrogens with zero attached hydrogens (tertiary/aromatic N) is 1. The van der Waals surface area contributed by atoms with E-state index >= 15 is 0 Å². The van der Waals surface area contributed by atoms with Crippen molar-refractivity contribution in [3.05, 3.63) is 76.9 Å². The minimum absolute atomic E-state index is 0.0428. The molecule has 1 N–H and O–H groups in total. The summed E-state index contributed by atoms with van der Waals surface area (Å²) in [5.41, 5.74) is 1.89. The van der Waals surface area contributed by atoms with E-state index in [-0.39, 0.29) is 17.6 Å². The Kier molecular flexibility index (Phi) is 5.71. The Hall–Kier alpha value is -2.99. The highest BCUT2D eigenvalue weighted by molar-refractivity contribution is 7.17. The summed E-state index contributed by atoms with van der Waals surface area (Å²) in [5, 5.41) is 2.88. The maximum Gasteiger partial charge on any atom is 0.265 e. The van der Waals surface area contributed by atoms with Crippen LogP contribution in [0, 0.1) is 5.82 Å². The van der Waals surface area contributed by atoms with Crippen molar-refractivity contribution in [2.24, 2.45) is 0 Å². The van der Waals surface area contributed by atoms with E-state index in [4.69, 9.17) is 0 Å². The molecule has 0 bridgehead atoms. The number of halogens is 1. The van der Waals surface area contributed by atoms with E-state index in [1.165, 1.54) is 23.5 Å². The Morgan fingerprint density at radius 2 is 1.62 bits per heavy atom. The number of amides is 2. The number of rotatable bonds is 4. The fourth-order valence-electron chi connectivity index (χ4n) is 3.46. The third-order valence-corrected chi connectivity index (χ3v) is 6.14. The van der Waals surface area contributed by atoms with Gasteiger partial charge in [0.05, 0.1) is 16.1 Å². The highest BCUT2D eigenvalue weighted by Gasteiger charge is 2.21. The van der Waals surface area contributed by atoms with Crippen molar-refractivity contribution in [2.75, 3.05) is 18.4 Å². The molecule has 0 atom stereocenters. The van der Waals surface area contributed by atoms with Crippen LogP contribution in [-0.2, 0) is 0 Å². The second kappa shape index (κ2) is 8.57. The van der Waals surface area contributed by atoms with E-state index in [0.717, 1.165) is 42.8 Å². The van der Waals surface area contributed by atoms with Crippen molar-refractivity contribution in [3.8, 4) is 10.4 Å². The van der Waals surface area contributed by atoms with Crippen LogP contribution in [0.2, 0.25) is 0 Å². The highest BCUT2D eigenvalue weighted by Crippen LogP contribution is 2.29. The number of para-hydroxylation sites is 1. The molecule has 4 rings (SSSR count). The summed E-state index contributed by atoms with van der Waals surface area (Å²) < 4.78 is 13.1. The number of hydrogen-bond donors (Lipinski definition) is 1. The van der Waals surface area contributed by atoms with Crippen LogP contribution in [0.25, 0.3) is 10.4 Å². The van der Waals surface area contributed by atoms with Crippen molar-refractivity contribution in [1.29, 1.82) is 0 Å². The summed E-state index contributed by atoms with van der Waals surface area (Å²) in [6.07, 6.45) is 3.18. The van der Waals surface area contributed by atoms with Crippen LogP contribution in [0.15, 0.2) is 60.7 Å². The SMILES string of the molecule is O=C(Nc1ccccc1C(=O)N1CCCCC1)c1ccc(-c2ccc(F)cc2)s1. The first kappa shape index (κ1) is 19.3. The zero-order chi connectivity index (χ0) is 20.2. The molecule has 0 spiro atoms. The standard InChI is InChI=1S/C23H21FN2O2S/c24-17-10-8-16(9-11-17)20-12-13-21(29-20)22(27)25-19-7-3-2-6-18(19)23(28)26-14-4-1-5-15-26/h2-3,6-13H,1,4-5,14-15H2,(H,25,27). The lowest BCUT2D eigenvalue weighted by molar-refractivity contribution is 0.0725. The van der Waals surface area contributed by atoms with E-state index in [1.54, 1.807) is 36.4 Å². The van der Waals surface area contributed by atoms with Gasteiger partial charge in [0.25, 0.3) is 11.8 Å². The van der Waals surface area contributed by atoms with E-state index in [1.807, 2.05) is 17.0 Å². The summed E-state index contributed by atoms with van der Waals surface area (Å²) in [5.74, 6) is -0.598.